The number of nitro benzene ring substituents is 1. The Balaban J connectivity index is 1.82. The molecule has 0 aliphatic carbocycles. The summed E-state index contributed by atoms with van der Waals surface area (Å²) in [5.41, 5.74) is 3.26. The predicted molar refractivity (Wildman–Crippen MR) is 117 cm³/mol. The van der Waals surface area contributed by atoms with Crippen molar-refractivity contribution in [3.63, 3.8) is 0 Å². The number of pyridine rings is 1. The lowest BCUT2D eigenvalue weighted by atomic mass is 10.0. The van der Waals surface area contributed by atoms with Crippen LogP contribution in [0.3, 0.4) is 0 Å². The molecule has 7 heteroatoms. The number of phenolic OH excluding ortho intramolecular Hbond substituents is 1. The molecule has 4 rings (SSSR count). The average Bonchev–Trinajstić information content (AvgIpc) is 2.74. The molecule has 0 aliphatic heterocycles. The average molecular weight is 448 g/mol. The highest BCUT2D eigenvalue weighted by atomic mass is 79.9. The molecule has 4 aromatic rings. The molecule has 29 heavy (non-hydrogen) atoms. The van der Waals surface area contributed by atoms with Crippen LogP contribution < -0.4 is 0 Å². The summed E-state index contributed by atoms with van der Waals surface area (Å²) < 4.78 is 0.478. The number of aromatic hydroxyl groups is 1. The second-order valence-electron chi connectivity index (χ2n) is 6.28. The minimum atomic E-state index is -0.636. The smallest absolute Gasteiger partial charge is 0.312 e. The van der Waals surface area contributed by atoms with Crippen LogP contribution in [-0.2, 0) is 0 Å². The van der Waals surface area contributed by atoms with Gasteiger partial charge in [-0.3, -0.25) is 20.1 Å². The molecule has 0 aliphatic rings. The van der Waals surface area contributed by atoms with Crippen molar-refractivity contribution < 1.29 is 10.0 Å². The van der Waals surface area contributed by atoms with E-state index in [9.17, 15) is 15.2 Å². The molecular formula is C22H14BrN3O3. The first kappa shape index (κ1) is 18.8. The lowest BCUT2D eigenvalue weighted by molar-refractivity contribution is -0.385. The number of phenols is 1. The van der Waals surface area contributed by atoms with Crippen molar-refractivity contribution >= 4 is 44.4 Å². The van der Waals surface area contributed by atoms with Crippen LogP contribution >= 0.6 is 15.9 Å². The summed E-state index contributed by atoms with van der Waals surface area (Å²) in [5, 5.41) is 22.3. The van der Waals surface area contributed by atoms with Crippen LogP contribution in [-0.4, -0.2) is 21.2 Å². The van der Waals surface area contributed by atoms with Crippen LogP contribution in [0.5, 0.6) is 5.75 Å². The Morgan fingerprint density at radius 3 is 2.62 bits per heavy atom. The van der Waals surface area contributed by atoms with Gasteiger partial charge in [0.05, 0.1) is 16.1 Å². The van der Waals surface area contributed by atoms with Crippen molar-refractivity contribution in [1.29, 1.82) is 0 Å². The number of aromatic nitrogens is 1. The molecule has 0 spiro atoms. The van der Waals surface area contributed by atoms with Gasteiger partial charge in [-0.05, 0) is 29.3 Å². The standard InChI is InChI=1S/C22H14BrN3O3/c23-16-11-15(22(27)20(12-16)26(28)29)13-25-19-8-4-7-18-17(9-10-24-21(18)19)14-5-2-1-3-6-14/h1-13,27H. The summed E-state index contributed by atoms with van der Waals surface area (Å²) in [6, 6.07) is 20.4. The second-order valence-corrected chi connectivity index (χ2v) is 7.19. The number of para-hydroxylation sites is 1. The van der Waals surface area contributed by atoms with E-state index in [2.05, 4.69) is 25.9 Å². The van der Waals surface area contributed by atoms with Gasteiger partial charge in [-0.1, -0.05) is 58.4 Å². The van der Waals surface area contributed by atoms with E-state index in [-0.39, 0.29) is 11.3 Å². The Kier molecular flexibility index (Phi) is 5.05. The molecule has 0 unspecified atom stereocenters. The van der Waals surface area contributed by atoms with Gasteiger partial charge in [-0.25, -0.2) is 0 Å². The maximum Gasteiger partial charge on any atom is 0.312 e. The third-order valence-corrected chi connectivity index (χ3v) is 4.92. The maximum absolute atomic E-state index is 11.1. The molecule has 0 radical (unpaired) electrons. The first-order valence-corrected chi connectivity index (χ1v) is 9.48. The Labute approximate surface area is 174 Å². The number of fused-ring (bicyclic) bond motifs is 1. The Morgan fingerprint density at radius 1 is 1.07 bits per heavy atom. The molecule has 0 saturated heterocycles. The van der Waals surface area contributed by atoms with E-state index in [0.29, 0.717) is 15.7 Å². The lowest BCUT2D eigenvalue weighted by Crippen LogP contribution is -1.93. The van der Waals surface area contributed by atoms with Crippen LogP contribution in [0.4, 0.5) is 11.4 Å². The highest BCUT2D eigenvalue weighted by Gasteiger charge is 2.17. The van der Waals surface area contributed by atoms with E-state index in [4.69, 9.17) is 0 Å². The molecule has 0 fully saturated rings. The van der Waals surface area contributed by atoms with Gasteiger partial charge < -0.3 is 5.11 Å². The topological polar surface area (TPSA) is 88.6 Å². The predicted octanol–water partition coefficient (Wildman–Crippen LogP) is 6.03. The molecule has 142 valence electrons. The fraction of sp³-hybridized carbons (Fsp3) is 0. The third-order valence-electron chi connectivity index (χ3n) is 4.46. The first-order valence-electron chi connectivity index (χ1n) is 8.69. The van der Waals surface area contributed by atoms with Gasteiger partial charge in [0.25, 0.3) is 0 Å². The summed E-state index contributed by atoms with van der Waals surface area (Å²) in [7, 11) is 0. The summed E-state index contributed by atoms with van der Waals surface area (Å²) in [6.45, 7) is 0. The van der Waals surface area contributed by atoms with E-state index >= 15 is 0 Å². The van der Waals surface area contributed by atoms with E-state index in [0.717, 1.165) is 16.5 Å². The van der Waals surface area contributed by atoms with Crippen molar-refractivity contribution in [3.05, 3.63) is 93.1 Å². The van der Waals surface area contributed by atoms with Crippen LogP contribution in [0.25, 0.3) is 22.0 Å². The number of hydrogen-bond donors (Lipinski definition) is 1. The number of nitro groups is 1. The molecular weight excluding hydrogens is 434 g/mol. The first-order chi connectivity index (χ1) is 14.0. The van der Waals surface area contributed by atoms with Crippen molar-refractivity contribution in [2.75, 3.05) is 0 Å². The van der Waals surface area contributed by atoms with E-state index in [1.807, 2.05) is 54.6 Å². The summed E-state index contributed by atoms with van der Waals surface area (Å²) >= 11 is 3.23. The second kappa shape index (κ2) is 7.81. The maximum atomic E-state index is 11.1. The van der Waals surface area contributed by atoms with Crippen molar-refractivity contribution in [2.24, 2.45) is 4.99 Å². The van der Waals surface area contributed by atoms with Crippen molar-refractivity contribution in [3.8, 4) is 16.9 Å². The number of halogens is 1. The monoisotopic (exact) mass is 447 g/mol. The molecule has 3 aromatic carbocycles. The van der Waals surface area contributed by atoms with E-state index in [1.165, 1.54) is 12.3 Å². The fourth-order valence-electron chi connectivity index (χ4n) is 3.12. The van der Waals surface area contributed by atoms with E-state index in [1.54, 1.807) is 12.3 Å². The third kappa shape index (κ3) is 3.72. The van der Waals surface area contributed by atoms with Gasteiger partial charge in [0.15, 0.2) is 0 Å². The number of benzene rings is 3. The highest BCUT2D eigenvalue weighted by Crippen LogP contribution is 2.34. The quantitative estimate of drug-likeness (QED) is 0.235. The van der Waals surface area contributed by atoms with Gasteiger partial charge in [0.2, 0.25) is 5.75 Å². The highest BCUT2D eigenvalue weighted by molar-refractivity contribution is 9.10. The molecule has 0 amide bonds. The van der Waals surface area contributed by atoms with Crippen molar-refractivity contribution in [2.45, 2.75) is 0 Å². The zero-order valence-electron chi connectivity index (χ0n) is 15.0. The molecule has 0 bridgehead atoms. The normalized spacial score (nSPS) is 11.2. The lowest BCUT2D eigenvalue weighted by Gasteiger charge is -2.08. The molecule has 0 saturated carbocycles. The summed E-state index contributed by atoms with van der Waals surface area (Å²) in [6.07, 6.45) is 3.13. The Hall–Kier alpha value is -3.58. The number of aliphatic imine (C=N–C) groups is 1. The minimum absolute atomic E-state index is 0.238. The molecule has 0 atom stereocenters. The van der Waals surface area contributed by atoms with Gasteiger partial charge in [0, 0.05) is 33.9 Å². The zero-order valence-corrected chi connectivity index (χ0v) is 16.6. The summed E-state index contributed by atoms with van der Waals surface area (Å²) in [4.78, 5) is 19.4. The Bertz CT molecular complexity index is 1260. The summed E-state index contributed by atoms with van der Waals surface area (Å²) in [5.74, 6) is -0.430. The minimum Gasteiger partial charge on any atom is -0.502 e. The van der Waals surface area contributed by atoms with Gasteiger partial charge in [-0.2, -0.15) is 0 Å². The van der Waals surface area contributed by atoms with Gasteiger partial charge >= 0.3 is 5.69 Å². The molecule has 6 nitrogen and oxygen atoms in total. The van der Waals surface area contributed by atoms with Crippen LogP contribution in [0, 0.1) is 10.1 Å². The fourth-order valence-corrected chi connectivity index (χ4v) is 3.58. The molecule has 1 N–H and O–H groups in total. The SMILES string of the molecule is O=[N+]([O-])c1cc(Br)cc(C=Nc2cccc3c(-c4ccccc4)ccnc23)c1O. The zero-order chi connectivity index (χ0) is 20.4. The van der Waals surface area contributed by atoms with Gasteiger partial charge in [-0.15, -0.1) is 0 Å². The number of rotatable bonds is 4. The van der Waals surface area contributed by atoms with Crippen LogP contribution in [0.1, 0.15) is 5.56 Å². The number of hydrogen-bond acceptors (Lipinski definition) is 5. The van der Waals surface area contributed by atoms with E-state index < -0.39 is 10.7 Å². The van der Waals surface area contributed by atoms with Crippen molar-refractivity contribution in [1.82, 2.24) is 4.98 Å². The molecule has 1 aromatic heterocycles. The van der Waals surface area contributed by atoms with Crippen LogP contribution in [0.15, 0.2) is 82.4 Å². The van der Waals surface area contributed by atoms with Gasteiger partial charge in [0.1, 0.15) is 0 Å². The largest absolute Gasteiger partial charge is 0.502 e. The van der Waals surface area contributed by atoms with Crippen LogP contribution in [0.2, 0.25) is 0 Å². The molecule has 1 heterocycles. The Morgan fingerprint density at radius 2 is 1.86 bits per heavy atom. The number of nitrogens with zero attached hydrogens (tertiary/aromatic N) is 3.